The molecular weight excluding hydrogens is 590 g/mol. The van der Waals surface area contributed by atoms with Gasteiger partial charge in [0.1, 0.15) is 36.7 Å². The van der Waals surface area contributed by atoms with E-state index in [1.807, 2.05) is 0 Å². The van der Waals surface area contributed by atoms with Gasteiger partial charge in [-0.25, -0.2) is 26.3 Å². The molecule has 3 aromatic rings. The lowest BCUT2D eigenvalue weighted by atomic mass is 9.97. The minimum Gasteiger partial charge on any atom is -0.394 e. The Bertz CT molecular complexity index is 1480. The predicted molar refractivity (Wildman–Crippen MR) is 130 cm³/mol. The Morgan fingerprint density at radius 2 is 1.82 bits per heavy atom. The van der Waals surface area contributed by atoms with E-state index < -0.39 is 76.1 Å². The molecule has 2 N–H and O–H groups in total. The third-order valence-corrected chi connectivity index (χ3v) is 8.57. The molecule has 0 unspecified atom stereocenters. The highest BCUT2D eigenvalue weighted by Gasteiger charge is 2.52. The SMILES string of the molecule is CC(=O)CO[C@@H]1[C@@H](n2cc(-c3cc(F)c(F)c(F)c3)nn2)[C@@H](O)[C@@H](CO)O[C@@H]1S(=O)(=O)c1ccc(Cl)c(Cl)c1. The Morgan fingerprint density at radius 1 is 1.15 bits per heavy atom. The molecule has 0 saturated carbocycles. The van der Waals surface area contributed by atoms with E-state index in [0.29, 0.717) is 12.1 Å². The van der Waals surface area contributed by atoms with Crippen molar-refractivity contribution in [2.45, 2.75) is 41.6 Å². The summed E-state index contributed by atoms with van der Waals surface area (Å²) in [7, 11) is -4.49. The molecule has 1 aromatic heterocycles. The van der Waals surface area contributed by atoms with Gasteiger partial charge < -0.3 is 19.7 Å². The van der Waals surface area contributed by atoms with Gasteiger partial charge >= 0.3 is 0 Å². The zero-order valence-electron chi connectivity index (χ0n) is 19.8. The lowest BCUT2D eigenvalue weighted by molar-refractivity contribution is -0.195. The van der Waals surface area contributed by atoms with E-state index in [4.69, 9.17) is 32.7 Å². The molecule has 5 atom stereocenters. The van der Waals surface area contributed by atoms with Crippen LogP contribution in [-0.4, -0.2) is 76.4 Å². The van der Waals surface area contributed by atoms with Gasteiger partial charge in [-0.15, -0.1) is 5.10 Å². The summed E-state index contributed by atoms with van der Waals surface area (Å²) in [5.41, 5.74) is -2.28. The Kier molecular flexibility index (Phi) is 8.66. The first-order chi connectivity index (χ1) is 18.3. The van der Waals surface area contributed by atoms with Crippen molar-refractivity contribution in [3.63, 3.8) is 0 Å². The molecule has 1 fully saturated rings. The van der Waals surface area contributed by atoms with Crippen molar-refractivity contribution in [1.29, 1.82) is 0 Å². The number of hydrogen-bond donors (Lipinski definition) is 2. The van der Waals surface area contributed by atoms with E-state index in [-0.39, 0.29) is 26.2 Å². The van der Waals surface area contributed by atoms with Gasteiger partial charge in [0, 0.05) is 5.56 Å². The molecule has 1 saturated heterocycles. The number of Topliss-reactive ketones (excluding diaryl/α,β-unsaturated/α-hetero) is 1. The number of halogens is 5. The molecule has 0 amide bonds. The second-order valence-corrected chi connectivity index (χ2v) is 11.5. The first kappa shape index (κ1) is 29.4. The fraction of sp³-hybridized carbons (Fsp3) is 0.348. The molecule has 16 heteroatoms. The van der Waals surface area contributed by atoms with Crippen LogP contribution >= 0.6 is 23.2 Å². The van der Waals surface area contributed by atoms with Crippen molar-refractivity contribution in [3.8, 4) is 11.3 Å². The van der Waals surface area contributed by atoms with Gasteiger partial charge in [-0.1, -0.05) is 28.4 Å². The normalized spacial score (nSPS) is 23.6. The summed E-state index contributed by atoms with van der Waals surface area (Å²) in [6.07, 6.45) is -3.67. The summed E-state index contributed by atoms with van der Waals surface area (Å²) in [4.78, 5) is 11.4. The molecule has 1 aliphatic heterocycles. The number of hydrogen-bond acceptors (Lipinski definition) is 9. The zero-order valence-corrected chi connectivity index (χ0v) is 22.2. The number of aromatic nitrogens is 3. The first-order valence-corrected chi connectivity index (χ1v) is 13.5. The molecule has 210 valence electrons. The molecule has 1 aliphatic rings. The van der Waals surface area contributed by atoms with Crippen LogP contribution in [-0.2, 0) is 24.1 Å². The fourth-order valence-corrected chi connectivity index (χ4v) is 6.10. The van der Waals surface area contributed by atoms with Crippen LogP contribution in [0.5, 0.6) is 0 Å². The molecule has 10 nitrogen and oxygen atoms in total. The van der Waals surface area contributed by atoms with Crippen LogP contribution in [0.2, 0.25) is 10.0 Å². The average molecular weight is 610 g/mol. The van der Waals surface area contributed by atoms with E-state index in [1.54, 1.807) is 0 Å². The van der Waals surface area contributed by atoms with Crippen LogP contribution in [0.1, 0.15) is 13.0 Å². The van der Waals surface area contributed by atoms with Crippen molar-refractivity contribution in [2.75, 3.05) is 13.2 Å². The molecule has 39 heavy (non-hydrogen) atoms. The first-order valence-electron chi connectivity index (χ1n) is 11.2. The van der Waals surface area contributed by atoms with Crippen LogP contribution in [0.3, 0.4) is 0 Å². The van der Waals surface area contributed by atoms with E-state index in [9.17, 15) is 36.6 Å². The number of nitrogens with zero attached hydrogens (tertiary/aromatic N) is 3. The van der Waals surface area contributed by atoms with Crippen LogP contribution < -0.4 is 0 Å². The van der Waals surface area contributed by atoms with Crippen LogP contribution in [0.15, 0.2) is 41.4 Å². The fourth-order valence-electron chi connectivity index (χ4n) is 4.05. The number of ketones is 1. The second kappa shape index (κ2) is 11.5. The van der Waals surface area contributed by atoms with Gasteiger partial charge in [0.15, 0.2) is 28.7 Å². The maximum Gasteiger partial charge on any atom is 0.207 e. The zero-order chi connectivity index (χ0) is 28.6. The minimum absolute atomic E-state index is 0.0786. The van der Waals surface area contributed by atoms with Crippen molar-refractivity contribution in [2.24, 2.45) is 0 Å². The highest BCUT2D eigenvalue weighted by molar-refractivity contribution is 7.92. The lowest BCUT2D eigenvalue weighted by Crippen LogP contribution is -2.59. The van der Waals surface area contributed by atoms with Crippen molar-refractivity contribution in [3.05, 3.63) is 64.0 Å². The molecule has 0 radical (unpaired) electrons. The third kappa shape index (κ3) is 5.82. The highest BCUT2D eigenvalue weighted by Crippen LogP contribution is 2.38. The molecule has 0 bridgehead atoms. The van der Waals surface area contributed by atoms with E-state index in [1.165, 1.54) is 13.0 Å². The molecular formula is C23H20Cl2F3N3O7S. The van der Waals surface area contributed by atoms with E-state index in [0.717, 1.165) is 23.0 Å². The highest BCUT2D eigenvalue weighted by atomic mass is 35.5. The molecule has 0 aliphatic carbocycles. The maximum atomic E-state index is 13.8. The van der Waals surface area contributed by atoms with Crippen LogP contribution in [0.25, 0.3) is 11.3 Å². The number of aliphatic hydroxyl groups excluding tert-OH is 2. The smallest absolute Gasteiger partial charge is 0.207 e. The topological polar surface area (TPSA) is 141 Å². The minimum atomic E-state index is -4.49. The average Bonchev–Trinajstić information content (AvgIpc) is 3.36. The summed E-state index contributed by atoms with van der Waals surface area (Å²) in [6.45, 7) is -0.246. The van der Waals surface area contributed by atoms with Crippen LogP contribution in [0.4, 0.5) is 13.2 Å². The number of benzene rings is 2. The summed E-state index contributed by atoms with van der Waals surface area (Å²) < 4.78 is 80.5. The van der Waals surface area contributed by atoms with Crippen LogP contribution in [0, 0.1) is 17.5 Å². The van der Waals surface area contributed by atoms with E-state index >= 15 is 0 Å². The van der Waals surface area contributed by atoms with Gasteiger partial charge in [-0.05, 0) is 37.3 Å². The quantitative estimate of drug-likeness (QED) is 0.369. The summed E-state index contributed by atoms with van der Waals surface area (Å²) in [6, 6.07) is 3.37. The Balaban J connectivity index is 1.81. The van der Waals surface area contributed by atoms with Gasteiger partial charge in [-0.2, -0.15) is 0 Å². The van der Waals surface area contributed by atoms with Crippen molar-refractivity contribution < 1.29 is 46.1 Å². The van der Waals surface area contributed by atoms with Gasteiger partial charge in [0.2, 0.25) is 9.84 Å². The van der Waals surface area contributed by atoms with Gasteiger partial charge in [0.05, 0.1) is 27.7 Å². The van der Waals surface area contributed by atoms with Gasteiger partial charge in [0.25, 0.3) is 0 Å². The Hall–Kier alpha value is -2.59. The molecule has 2 heterocycles. The number of sulfone groups is 1. The number of ether oxygens (including phenoxy) is 2. The van der Waals surface area contributed by atoms with Crippen molar-refractivity contribution >= 4 is 38.8 Å². The summed E-state index contributed by atoms with van der Waals surface area (Å²) in [5, 5.41) is 28.5. The number of aliphatic hydroxyl groups is 2. The van der Waals surface area contributed by atoms with Gasteiger partial charge in [-0.3, -0.25) is 4.79 Å². The maximum absolute atomic E-state index is 13.8. The largest absolute Gasteiger partial charge is 0.394 e. The predicted octanol–water partition coefficient (Wildman–Crippen LogP) is 2.74. The molecule has 2 aromatic carbocycles. The number of rotatable bonds is 8. The Labute approximate surface area is 229 Å². The summed E-state index contributed by atoms with van der Waals surface area (Å²) in [5.74, 6) is -5.15. The Morgan fingerprint density at radius 3 is 2.41 bits per heavy atom. The third-order valence-electron chi connectivity index (χ3n) is 5.92. The second-order valence-electron chi connectivity index (χ2n) is 8.64. The lowest BCUT2D eigenvalue weighted by Gasteiger charge is -2.43. The molecule has 4 rings (SSSR count). The monoisotopic (exact) mass is 609 g/mol. The number of carbonyl (C=O) groups excluding carboxylic acids is 1. The summed E-state index contributed by atoms with van der Waals surface area (Å²) >= 11 is 11.9. The van der Waals surface area contributed by atoms with Crippen molar-refractivity contribution in [1.82, 2.24) is 15.0 Å². The van der Waals surface area contributed by atoms with E-state index in [2.05, 4.69) is 10.3 Å². The standard InChI is InChI=1S/C23H20Cl2F3N3O7S/c1-10(33)9-37-22-20(31-7-17(29-30-31)11-4-15(26)19(28)16(27)5-11)21(34)18(8-32)38-23(22)39(35,36)12-2-3-13(24)14(25)6-12/h2-7,18,20-23,32,34H,8-9H2,1H3/t18-,20+,21+,22-,23-/m1/s1. The number of carbonyl (C=O) groups is 1. The molecule has 0 spiro atoms.